The van der Waals surface area contributed by atoms with Crippen molar-refractivity contribution in [2.24, 2.45) is 23.7 Å². The van der Waals surface area contributed by atoms with E-state index >= 15 is 9.18 Å². The highest BCUT2D eigenvalue weighted by Gasteiger charge is 2.70. The van der Waals surface area contributed by atoms with E-state index in [1.807, 2.05) is 18.2 Å². The number of anilines is 3. The molecule has 53 heavy (non-hydrogen) atoms. The number of hydrogen-bond acceptors (Lipinski definition) is 7. The van der Waals surface area contributed by atoms with Crippen LogP contribution in [0, 0.1) is 29.5 Å². The summed E-state index contributed by atoms with van der Waals surface area (Å²) in [4.78, 5) is 63.5. The highest BCUT2D eigenvalue weighted by molar-refractivity contribution is 6.32. The van der Waals surface area contributed by atoms with Gasteiger partial charge in [-0.25, -0.2) is 9.29 Å². The molecule has 0 aromatic heterocycles. The van der Waals surface area contributed by atoms with Gasteiger partial charge in [0.25, 0.3) is 0 Å². The smallest absolute Gasteiger partial charge is 0.246 e. The van der Waals surface area contributed by atoms with Gasteiger partial charge in [0.05, 0.1) is 47.8 Å². The summed E-state index contributed by atoms with van der Waals surface area (Å²) in [5, 5.41) is 11.7. The minimum atomic E-state index is -1.62. The van der Waals surface area contributed by atoms with Crippen LogP contribution >= 0.6 is 11.6 Å². The first-order valence-corrected chi connectivity index (χ1v) is 18.3. The molecule has 1 saturated carbocycles. The first-order chi connectivity index (χ1) is 25.7. The van der Waals surface area contributed by atoms with Crippen LogP contribution in [0.25, 0.3) is 0 Å². The number of halogens is 2. The largest absolute Gasteiger partial charge is 0.505 e. The Morgan fingerprint density at radius 1 is 0.755 bits per heavy atom. The van der Waals surface area contributed by atoms with Gasteiger partial charge in [0.15, 0.2) is 11.6 Å². The van der Waals surface area contributed by atoms with E-state index in [0.717, 1.165) is 29.7 Å². The molecule has 4 aromatic rings. The SMILES string of the molecule is O=C1C2CC=C3C(CC4C(=O)N(c5cccc(Cl)c5)C(=O)C4(c4ccccc4)C3c3cccc(F)c3O)C2C(=O)N1c1ccc(N2CCOCC2)cc1. The molecule has 9 rings (SSSR count). The van der Waals surface area contributed by atoms with E-state index in [4.69, 9.17) is 16.3 Å². The molecular formula is C42H35ClFN3O6. The zero-order valence-electron chi connectivity index (χ0n) is 28.5. The third kappa shape index (κ3) is 4.92. The van der Waals surface area contributed by atoms with E-state index < -0.39 is 58.4 Å². The molecule has 0 spiro atoms. The summed E-state index contributed by atoms with van der Waals surface area (Å²) in [7, 11) is 0. The third-order valence-electron chi connectivity index (χ3n) is 12.0. The number of morpholine rings is 1. The molecule has 4 amide bonds. The Morgan fingerprint density at radius 2 is 1.47 bits per heavy atom. The molecule has 0 radical (unpaired) electrons. The molecule has 6 atom stereocenters. The molecule has 4 aromatic carbocycles. The van der Waals surface area contributed by atoms with Crippen molar-refractivity contribution in [3.63, 3.8) is 0 Å². The van der Waals surface area contributed by atoms with E-state index in [2.05, 4.69) is 4.90 Å². The summed E-state index contributed by atoms with van der Waals surface area (Å²) in [5.41, 5.74) is 1.38. The Balaban J connectivity index is 1.19. The number of nitrogens with zero attached hydrogens (tertiary/aromatic N) is 3. The van der Waals surface area contributed by atoms with Crippen LogP contribution in [0.4, 0.5) is 21.5 Å². The highest BCUT2D eigenvalue weighted by Crippen LogP contribution is 2.65. The van der Waals surface area contributed by atoms with Gasteiger partial charge in [-0.3, -0.25) is 24.1 Å². The number of allylic oxidation sites excluding steroid dienone is 2. The van der Waals surface area contributed by atoms with Gasteiger partial charge in [0.2, 0.25) is 23.6 Å². The second-order valence-corrected chi connectivity index (χ2v) is 14.8. The molecule has 3 aliphatic heterocycles. The van der Waals surface area contributed by atoms with Crippen molar-refractivity contribution in [3.8, 4) is 5.75 Å². The van der Waals surface area contributed by atoms with Crippen LogP contribution < -0.4 is 14.7 Å². The number of ether oxygens (including phenoxy) is 1. The number of rotatable bonds is 5. The molecular weight excluding hydrogens is 697 g/mol. The number of amides is 4. The number of phenols is 1. The topological polar surface area (TPSA) is 107 Å². The average Bonchev–Trinajstić information content (AvgIpc) is 3.57. The Labute approximate surface area is 310 Å². The maximum Gasteiger partial charge on any atom is 0.246 e. The van der Waals surface area contributed by atoms with Crippen molar-refractivity contribution < 1.29 is 33.4 Å². The lowest BCUT2D eigenvalue weighted by Crippen LogP contribution is -2.53. The Kier molecular flexibility index (Phi) is 8.01. The zero-order valence-corrected chi connectivity index (χ0v) is 29.3. The quantitative estimate of drug-likeness (QED) is 0.187. The number of fused-ring (bicyclic) bond motifs is 4. The summed E-state index contributed by atoms with van der Waals surface area (Å²) in [6.07, 6.45) is 2.17. The maximum atomic E-state index is 15.3. The molecule has 3 heterocycles. The van der Waals surface area contributed by atoms with Crippen molar-refractivity contribution >= 4 is 52.3 Å². The maximum absolute atomic E-state index is 15.3. The second-order valence-electron chi connectivity index (χ2n) is 14.4. The van der Waals surface area contributed by atoms with Crippen LogP contribution in [0.1, 0.15) is 29.9 Å². The van der Waals surface area contributed by atoms with Crippen molar-refractivity contribution in [2.45, 2.75) is 24.2 Å². The lowest BCUT2D eigenvalue weighted by atomic mass is 9.49. The van der Waals surface area contributed by atoms with Crippen molar-refractivity contribution in [1.82, 2.24) is 0 Å². The molecule has 5 aliphatic rings. The average molecular weight is 732 g/mol. The molecule has 2 aliphatic carbocycles. The summed E-state index contributed by atoms with van der Waals surface area (Å²) in [6, 6.07) is 27.0. The van der Waals surface area contributed by atoms with Crippen LogP contribution in [0.5, 0.6) is 5.75 Å². The van der Waals surface area contributed by atoms with E-state index in [0.29, 0.717) is 35.1 Å². The fourth-order valence-corrected chi connectivity index (χ4v) is 9.93. The normalized spacial score (nSPS) is 28.2. The monoisotopic (exact) mass is 731 g/mol. The van der Waals surface area contributed by atoms with Crippen molar-refractivity contribution in [2.75, 3.05) is 41.0 Å². The van der Waals surface area contributed by atoms with Crippen LogP contribution in [0.3, 0.4) is 0 Å². The second kappa shape index (κ2) is 12.7. The van der Waals surface area contributed by atoms with Gasteiger partial charge in [-0.2, -0.15) is 0 Å². The summed E-state index contributed by atoms with van der Waals surface area (Å²) >= 11 is 6.37. The highest BCUT2D eigenvalue weighted by atomic mass is 35.5. The number of para-hydroxylation sites is 1. The predicted molar refractivity (Wildman–Crippen MR) is 196 cm³/mol. The number of phenolic OH excluding ortho intramolecular Hbond substituents is 1. The van der Waals surface area contributed by atoms with E-state index in [-0.39, 0.29) is 35.9 Å². The van der Waals surface area contributed by atoms with Gasteiger partial charge in [-0.15, -0.1) is 0 Å². The number of carbonyl (C=O) groups is 4. The van der Waals surface area contributed by atoms with E-state index in [1.54, 1.807) is 72.8 Å². The first kappa shape index (κ1) is 33.5. The van der Waals surface area contributed by atoms with Gasteiger partial charge < -0.3 is 14.7 Å². The van der Waals surface area contributed by atoms with Gasteiger partial charge in [0.1, 0.15) is 0 Å². The van der Waals surface area contributed by atoms with Crippen LogP contribution in [0.2, 0.25) is 5.02 Å². The fraction of sp³-hybridized carbons (Fsp3) is 0.286. The van der Waals surface area contributed by atoms with E-state index in [9.17, 15) is 19.5 Å². The number of hydrogen-bond donors (Lipinski definition) is 1. The Bertz CT molecular complexity index is 2210. The van der Waals surface area contributed by atoms with Gasteiger partial charge >= 0.3 is 0 Å². The van der Waals surface area contributed by atoms with Gasteiger partial charge in [-0.1, -0.05) is 71.8 Å². The lowest BCUT2D eigenvalue weighted by Gasteiger charge is -2.50. The van der Waals surface area contributed by atoms with Crippen LogP contribution in [0.15, 0.2) is 109 Å². The summed E-state index contributed by atoms with van der Waals surface area (Å²) < 4.78 is 20.8. The zero-order chi connectivity index (χ0) is 36.6. The fourth-order valence-electron chi connectivity index (χ4n) is 9.74. The van der Waals surface area contributed by atoms with Gasteiger partial charge in [-0.05, 0) is 72.9 Å². The van der Waals surface area contributed by atoms with Gasteiger partial charge in [0, 0.05) is 35.3 Å². The minimum absolute atomic E-state index is 0.0823. The van der Waals surface area contributed by atoms with Crippen molar-refractivity contribution in [1.29, 1.82) is 0 Å². The molecule has 9 nitrogen and oxygen atoms in total. The summed E-state index contributed by atoms with van der Waals surface area (Å²) in [5.74, 6) is -7.51. The first-order valence-electron chi connectivity index (χ1n) is 17.9. The Hall–Kier alpha value is -5.32. The molecule has 3 saturated heterocycles. The van der Waals surface area contributed by atoms with Crippen molar-refractivity contribution in [3.05, 3.63) is 131 Å². The lowest BCUT2D eigenvalue weighted by molar-refractivity contribution is -0.127. The number of benzene rings is 4. The van der Waals surface area contributed by atoms with Crippen LogP contribution in [-0.4, -0.2) is 55.0 Å². The molecule has 4 fully saturated rings. The number of carbonyl (C=O) groups excluding carboxylic acids is 4. The minimum Gasteiger partial charge on any atom is -0.505 e. The third-order valence-corrected chi connectivity index (χ3v) is 12.2. The standard InChI is InChI=1S/C42H35ClFN3O6/c43-25-8-4-9-28(22-25)47-39(50)33-23-32-29(36(31-10-5-11-34(44)37(31)48)42(33,41(47)52)24-6-2-1-3-7-24)16-17-30-35(32)40(51)46(38(30)49)27-14-12-26(13-15-27)45-18-20-53-21-19-45/h1-16,22,30,32-33,35-36,48H,17-21,23H2. The Morgan fingerprint density at radius 3 is 2.21 bits per heavy atom. The van der Waals surface area contributed by atoms with Crippen LogP contribution in [-0.2, 0) is 29.3 Å². The van der Waals surface area contributed by atoms with E-state index in [1.165, 1.54) is 11.0 Å². The molecule has 11 heteroatoms. The predicted octanol–water partition coefficient (Wildman–Crippen LogP) is 6.39. The molecule has 1 N–H and O–H groups in total. The number of imide groups is 2. The molecule has 6 unspecified atom stereocenters. The number of aromatic hydroxyl groups is 1. The molecule has 0 bridgehead atoms. The summed E-state index contributed by atoms with van der Waals surface area (Å²) in [6.45, 7) is 2.73. The molecule has 268 valence electrons.